The minimum Gasteiger partial charge on any atom is -0.377 e. The Morgan fingerprint density at radius 2 is 2.56 bits per heavy atom. The van der Waals surface area contributed by atoms with Crippen molar-refractivity contribution in [1.29, 1.82) is 0 Å². The molecule has 1 atom stereocenters. The Hall–Kier alpha value is -0.850. The van der Waals surface area contributed by atoms with Crippen LogP contribution in [0.15, 0.2) is 22.7 Å². The minimum absolute atomic E-state index is 0.384. The van der Waals surface area contributed by atoms with Crippen molar-refractivity contribution < 1.29 is 4.74 Å². The van der Waals surface area contributed by atoms with Crippen LogP contribution in [-0.2, 0) is 11.2 Å². The summed E-state index contributed by atoms with van der Waals surface area (Å²) in [5.41, 5.74) is 0. The van der Waals surface area contributed by atoms with Crippen molar-refractivity contribution in [3.05, 3.63) is 28.2 Å². The summed E-state index contributed by atoms with van der Waals surface area (Å²) in [5, 5.41) is 10.1. The van der Waals surface area contributed by atoms with Gasteiger partial charge >= 0.3 is 0 Å². The molecular weight excluding hydrogens is 266 g/mol. The molecular formula is C12H15N3OS2. The fourth-order valence-electron chi connectivity index (χ4n) is 1.94. The summed E-state index contributed by atoms with van der Waals surface area (Å²) in [6.45, 7) is 0.906. The van der Waals surface area contributed by atoms with Gasteiger partial charge in [0.1, 0.15) is 5.82 Å². The quantitative estimate of drug-likeness (QED) is 0.856. The Morgan fingerprint density at radius 1 is 1.56 bits per heavy atom. The molecule has 1 N–H and O–H groups in total. The highest BCUT2D eigenvalue weighted by Crippen LogP contribution is 2.21. The van der Waals surface area contributed by atoms with Gasteiger partial charge < -0.3 is 4.74 Å². The molecule has 0 bridgehead atoms. The van der Waals surface area contributed by atoms with E-state index in [-0.39, 0.29) is 0 Å². The van der Waals surface area contributed by atoms with Crippen LogP contribution in [0.5, 0.6) is 0 Å². The summed E-state index contributed by atoms with van der Waals surface area (Å²) in [6.07, 6.45) is 3.57. The standard InChI is InChI=1S/C12H15N3OS2/c1-3-9(16-5-1)8-18-12-13-11(14-15-12)7-10-4-2-6-17-10/h2,4,6,9H,1,3,5,7-8H2,(H,13,14,15)/t9-/m1/s1. The van der Waals surface area contributed by atoms with Crippen LogP contribution in [0.1, 0.15) is 23.5 Å². The van der Waals surface area contributed by atoms with Crippen molar-refractivity contribution in [2.75, 3.05) is 12.4 Å². The van der Waals surface area contributed by atoms with Crippen LogP contribution in [-0.4, -0.2) is 33.6 Å². The Kier molecular flexibility index (Phi) is 3.97. The predicted molar refractivity (Wildman–Crippen MR) is 73.2 cm³/mol. The van der Waals surface area contributed by atoms with Gasteiger partial charge in [-0.05, 0) is 24.3 Å². The van der Waals surface area contributed by atoms with Crippen LogP contribution < -0.4 is 0 Å². The number of aromatic amines is 1. The first kappa shape index (κ1) is 12.2. The van der Waals surface area contributed by atoms with Gasteiger partial charge in [0.15, 0.2) is 0 Å². The summed E-state index contributed by atoms with van der Waals surface area (Å²) in [4.78, 5) is 5.80. The van der Waals surface area contributed by atoms with Gasteiger partial charge in [-0.25, -0.2) is 4.98 Å². The molecule has 0 aromatic carbocycles. The molecule has 1 saturated heterocycles. The maximum Gasteiger partial charge on any atom is 0.208 e. The van der Waals surface area contributed by atoms with Gasteiger partial charge in [0.05, 0.1) is 6.10 Å². The number of ether oxygens (including phenoxy) is 1. The fraction of sp³-hybridized carbons (Fsp3) is 0.500. The van der Waals surface area contributed by atoms with Crippen LogP contribution in [0, 0.1) is 0 Å². The number of hydrogen-bond donors (Lipinski definition) is 1. The number of aromatic nitrogens is 3. The normalized spacial score (nSPS) is 19.4. The maximum atomic E-state index is 5.58. The molecule has 1 aliphatic heterocycles. The number of hydrogen-bond acceptors (Lipinski definition) is 5. The van der Waals surface area contributed by atoms with Crippen LogP contribution in [0.2, 0.25) is 0 Å². The van der Waals surface area contributed by atoms with E-state index < -0.39 is 0 Å². The number of rotatable bonds is 5. The molecule has 0 amide bonds. The predicted octanol–water partition coefficient (Wildman–Crippen LogP) is 2.73. The highest BCUT2D eigenvalue weighted by Gasteiger charge is 2.16. The van der Waals surface area contributed by atoms with Gasteiger partial charge in [-0.1, -0.05) is 17.8 Å². The van der Waals surface area contributed by atoms with E-state index in [4.69, 9.17) is 4.74 Å². The molecule has 2 aromatic rings. The van der Waals surface area contributed by atoms with Crippen LogP contribution in [0.25, 0.3) is 0 Å². The van der Waals surface area contributed by atoms with Crippen LogP contribution in [0.3, 0.4) is 0 Å². The van der Waals surface area contributed by atoms with Crippen molar-refractivity contribution >= 4 is 23.1 Å². The van der Waals surface area contributed by atoms with Crippen LogP contribution in [0.4, 0.5) is 0 Å². The second-order valence-electron chi connectivity index (χ2n) is 4.27. The van der Waals surface area contributed by atoms with Crippen molar-refractivity contribution in [3.63, 3.8) is 0 Å². The lowest BCUT2D eigenvalue weighted by molar-refractivity contribution is 0.129. The summed E-state index contributed by atoms with van der Waals surface area (Å²) in [6, 6.07) is 4.18. The summed E-state index contributed by atoms with van der Waals surface area (Å²) in [7, 11) is 0. The molecule has 0 aliphatic carbocycles. The zero-order valence-corrected chi connectivity index (χ0v) is 11.6. The first-order valence-corrected chi connectivity index (χ1v) is 7.95. The lowest BCUT2D eigenvalue weighted by Crippen LogP contribution is -2.07. The van der Waals surface area contributed by atoms with E-state index in [9.17, 15) is 0 Å². The molecule has 0 radical (unpaired) electrons. The van der Waals surface area contributed by atoms with Gasteiger partial charge in [0.25, 0.3) is 0 Å². The van der Waals surface area contributed by atoms with E-state index in [1.807, 2.05) is 0 Å². The molecule has 1 aliphatic rings. The van der Waals surface area contributed by atoms with Crippen molar-refractivity contribution in [2.24, 2.45) is 0 Å². The summed E-state index contributed by atoms with van der Waals surface area (Å²) in [5.74, 6) is 1.89. The van der Waals surface area contributed by atoms with E-state index in [1.54, 1.807) is 23.1 Å². The zero-order chi connectivity index (χ0) is 12.2. The van der Waals surface area contributed by atoms with Crippen molar-refractivity contribution in [3.8, 4) is 0 Å². The van der Waals surface area contributed by atoms with E-state index in [0.717, 1.165) is 29.8 Å². The topological polar surface area (TPSA) is 50.8 Å². The molecule has 3 rings (SSSR count). The number of nitrogens with one attached hydrogen (secondary N) is 1. The third-order valence-corrected chi connectivity index (χ3v) is 4.71. The molecule has 18 heavy (non-hydrogen) atoms. The average molecular weight is 281 g/mol. The Labute approximate surface area is 114 Å². The molecule has 4 nitrogen and oxygen atoms in total. The average Bonchev–Trinajstić information content (AvgIpc) is 3.09. The third-order valence-electron chi connectivity index (χ3n) is 2.86. The number of H-pyrrole nitrogens is 1. The lowest BCUT2D eigenvalue weighted by Gasteiger charge is -2.05. The smallest absolute Gasteiger partial charge is 0.208 e. The molecule has 6 heteroatoms. The van der Waals surface area contributed by atoms with Crippen molar-refractivity contribution in [1.82, 2.24) is 15.2 Å². The maximum absolute atomic E-state index is 5.58. The number of nitrogens with zero attached hydrogens (tertiary/aromatic N) is 2. The van der Waals surface area contributed by atoms with E-state index in [1.165, 1.54) is 17.7 Å². The molecule has 3 heterocycles. The van der Waals surface area contributed by atoms with E-state index in [0.29, 0.717) is 6.10 Å². The first-order chi connectivity index (χ1) is 8.90. The Balaban J connectivity index is 1.52. The summed E-state index contributed by atoms with van der Waals surface area (Å²) >= 11 is 3.42. The molecule has 0 saturated carbocycles. The lowest BCUT2D eigenvalue weighted by atomic mass is 10.3. The second-order valence-corrected chi connectivity index (χ2v) is 6.29. The molecule has 2 aromatic heterocycles. The SMILES string of the molecule is c1csc(Cc2nc(SC[C@H]3CCCO3)n[nH]2)c1. The van der Waals surface area contributed by atoms with Gasteiger partial charge in [-0.15, -0.1) is 16.4 Å². The van der Waals surface area contributed by atoms with E-state index in [2.05, 4.69) is 32.7 Å². The monoisotopic (exact) mass is 281 g/mol. The molecule has 1 fully saturated rings. The third kappa shape index (κ3) is 3.13. The fourth-order valence-corrected chi connectivity index (χ4v) is 3.53. The van der Waals surface area contributed by atoms with Crippen molar-refractivity contribution in [2.45, 2.75) is 30.5 Å². The zero-order valence-electron chi connectivity index (χ0n) is 9.96. The molecule has 0 spiro atoms. The highest BCUT2D eigenvalue weighted by atomic mass is 32.2. The van der Waals surface area contributed by atoms with Gasteiger partial charge in [0, 0.05) is 23.7 Å². The summed E-state index contributed by atoms with van der Waals surface area (Å²) < 4.78 is 5.58. The van der Waals surface area contributed by atoms with Gasteiger partial charge in [-0.3, -0.25) is 5.10 Å². The molecule has 0 unspecified atom stereocenters. The van der Waals surface area contributed by atoms with Gasteiger partial charge in [0.2, 0.25) is 5.16 Å². The largest absolute Gasteiger partial charge is 0.377 e. The molecule has 96 valence electrons. The van der Waals surface area contributed by atoms with E-state index >= 15 is 0 Å². The Morgan fingerprint density at radius 3 is 3.33 bits per heavy atom. The number of thiophene rings is 1. The minimum atomic E-state index is 0.384. The highest BCUT2D eigenvalue weighted by molar-refractivity contribution is 7.99. The van der Waals surface area contributed by atoms with Crippen LogP contribution >= 0.6 is 23.1 Å². The van der Waals surface area contributed by atoms with Gasteiger partial charge in [-0.2, -0.15) is 0 Å². The number of thioether (sulfide) groups is 1. The Bertz CT molecular complexity index is 477. The first-order valence-electron chi connectivity index (χ1n) is 6.08. The second kappa shape index (κ2) is 5.86.